The summed E-state index contributed by atoms with van der Waals surface area (Å²) in [7, 11) is 0. The van der Waals surface area contributed by atoms with E-state index in [4.69, 9.17) is 13.5 Å². The van der Waals surface area contributed by atoms with Crippen LogP contribution < -0.4 is 0 Å². The number of aliphatic hydroxyl groups excluding tert-OH is 2. The van der Waals surface area contributed by atoms with E-state index in [1.807, 2.05) is 0 Å². The van der Waals surface area contributed by atoms with Crippen LogP contribution in [0.3, 0.4) is 0 Å². The molecular formula is C64H134O3Ti. The molecule has 0 bridgehead atoms. The van der Waals surface area contributed by atoms with Gasteiger partial charge in [-0.05, 0) is 12.8 Å². The van der Waals surface area contributed by atoms with Crippen molar-refractivity contribution in [1.29, 1.82) is 0 Å². The van der Waals surface area contributed by atoms with Gasteiger partial charge in [-0.3, -0.25) is 0 Å². The molecule has 0 unspecified atom stereocenters. The van der Waals surface area contributed by atoms with Gasteiger partial charge in [-0.2, -0.15) is 12.8 Å². The van der Waals surface area contributed by atoms with Crippen LogP contribution in [0.4, 0.5) is 0 Å². The third-order valence-electron chi connectivity index (χ3n) is 13.7. The average molecular weight is 1000 g/mol. The minimum absolute atomic E-state index is 0.373. The van der Waals surface area contributed by atoms with E-state index in [1.165, 1.54) is 334 Å². The Labute approximate surface area is 445 Å². The average Bonchev–Trinajstić information content (AvgIpc) is 3.36. The van der Waals surface area contributed by atoms with Gasteiger partial charge < -0.3 is 24.1 Å². The summed E-state index contributed by atoms with van der Waals surface area (Å²) in [5.41, 5.74) is 0. The predicted molar refractivity (Wildman–Crippen MR) is 307 cm³/mol. The summed E-state index contributed by atoms with van der Waals surface area (Å²) in [6.07, 6.45) is 78.1. The molecule has 0 aromatic carbocycles. The Balaban J connectivity index is -0.000000256. The van der Waals surface area contributed by atoms with Crippen molar-refractivity contribution in [3.05, 3.63) is 13.8 Å². The summed E-state index contributed by atoms with van der Waals surface area (Å²) in [4.78, 5) is 0. The first-order valence-electron chi connectivity index (χ1n) is 31.7. The quantitative estimate of drug-likeness (QED) is 0.0363. The molecule has 0 aliphatic rings. The van der Waals surface area contributed by atoms with Gasteiger partial charge in [0, 0.05) is 13.2 Å². The molecule has 0 aliphatic heterocycles. The Morgan fingerprint density at radius 1 is 0.206 bits per heavy atom. The predicted octanol–water partition coefficient (Wildman–Crippen LogP) is 23.4. The van der Waals surface area contributed by atoms with Crippen molar-refractivity contribution in [2.24, 2.45) is 0 Å². The molecule has 0 aromatic rings. The van der Waals surface area contributed by atoms with Crippen molar-refractivity contribution < 1.29 is 33.9 Å². The van der Waals surface area contributed by atoms with E-state index in [0.717, 1.165) is 46.1 Å². The molecule has 0 aromatic heterocycles. The van der Waals surface area contributed by atoms with Crippen molar-refractivity contribution >= 4 is 0 Å². The zero-order valence-corrected chi connectivity index (χ0v) is 49.8. The third kappa shape index (κ3) is 96.0. The van der Waals surface area contributed by atoms with Gasteiger partial charge in [0.1, 0.15) is 0 Å². The van der Waals surface area contributed by atoms with Crippen LogP contribution in [-0.2, 0) is 23.7 Å². The van der Waals surface area contributed by atoms with Crippen molar-refractivity contribution in [2.45, 2.75) is 387 Å². The molecule has 3 nitrogen and oxygen atoms in total. The van der Waals surface area contributed by atoms with Gasteiger partial charge in [-0.1, -0.05) is 362 Å². The zero-order valence-electron chi connectivity index (χ0n) is 48.2. The number of aliphatic hydroxyl groups is 2. The fourth-order valence-electron chi connectivity index (χ4n) is 9.00. The van der Waals surface area contributed by atoms with E-state index in [-0.39, 0.29) is 0 Å². The third-order valence-corrected chi connectivity index (χ3v) is 13.7. The van der Waals surface area contributed by atoms with E-state index in [9.17, 15) is 0 Å². The zero-order chi connectivity index (χ0) is 51.0. The molecule has 2 N–H and O–H groups in total. The Bertz CT molecular complexity index is 605. The van der Waals surface area contributed by atoms with Crippen LogP contribution in [0.15, 0.2) is 0 Å². The Hall–Kier alpha value is 0.434. The Morgan fingerprint density at radius 2 is 0.309 bits per heavy atom. The summed E-state index contributed by atoms with van der Waals surface area (Å²) >= 11 is 0.750. The van der Waals surface area contributed by atoms with Gasteiger partial charge >= 0.3 is 23.7 Å². The van der Waals surface area contributed by atoms with Crippen molar-refractivity contribution in [3.8, 4) is 0 Å². The number of hydrogen-bond donors (Lipinski definition) is 2. The van der Waals surface area contributed by atoms with Gasteiger partial charge in [0.2, 0.25) is 0 Å². The normalized spacial score (nSPS) is 10.7. The molecule has 0 radical (unpaired) electrons. The first kappa shape index (κ1) is 77.3. The topological polar surface area (TPSA) is 57.5 Å². The van der Waals surface area contributed by atoms with Gasteiger partial charge in [0.05, 0.1) is 0 Å². The van der Waals surface area contributed by atoms with E-state index in [1.54, 1.807) is 0 Å². The van der Waals surface area contributed by atoms with Gasteiger partial charge in [0.25, 0.3) is 0 Å². The molecule has 4 heteroatoms. The second-order valence-corrected chi connectivity index (χ2v) is 20.8. The molecular weight excluding hydrogens is 865 g/mol. The number of rotatable bonds is 54. The first-order valence-corrected chi connectivity index (χ1v) is 32.3. The van der Waals surface area contributed by atoms with Crippen LogP contribution >= 0.6 is 0 Å². The van der Waals surface area contributed by atoms with Crippen LogP contribution in [0.25, 0.3) is 0 Å². The maximum atomic E-state index is 8.64. The van der Waals surface area contributed by atoms with Crippen LogP contribution in [0, 0.1) is 13.8 Å². The van der Waals surface area contributed by atoms with Gasteiger partial charge in [-0.15, -0.1) is 0 Å². The SMILES string of the molecule is CCCCCCCCCCCCCCCCO.CCCCCCCCCCCCCCCCO.[CH2-]CCCCCCCCCCCCCCC.[CH2-]CCCCCCCCCCCCCCC.[O]=[Ti+2]. The van der Waals surface area contributed by atoms with E-state index in [0.29, 0.717) is 13.2 Å². The summed E-state index contributed by atoms with van der Waals surface area (Å²) in [6.45, 7) is 17.6. The van der Waals surface area contributed by atoms with Crippen LogP contribution in [-0.4, -0.2) is 23.4 Å². The molecule has 0 amide bonds. The van der Waals surface area contributed by atoms with E-state index < -0.39 is 0 Å². The molecule has 0 saturated carbocycles. The molecule has 0 aliphatic carbocycles. The molecule has 0 spiro atoms. The monoisotopic (exact) mass is 999 g/mol. The first-order chi connectivity index (χ1) is 33.7. The van der Waals surface area contributed by atoms with Crippen LogP contribution in [0.2, 0.25) is 0 Å². The Kier molecular flexibility index (Phi) is 99.1. The van der Waals surface area contributed by atoms with Gasteiger partial charge in [-0.25, -0.2) is 0 Å². The maximum absolute atomic E-state index is 8.64. The Morgan fingerprint density at radius 3 is 0.412 bits per heavy atom. The van der Waals surface area contributed by atoms with Crippen molar-refractivity contribution in [3.63, 3.8) is 0 Å². The number of unbranched alkanes of at least 4 members (excludes halogenated alkanes) is 52. The fourth-order valence-corrected chi connectivity index (χ4v) is 9.00. The molecule has 0 atom stereocenters. The minimum atomic E-state index is 0.373. The summed E-state index contributed by atoms with van der Waals surface area (Å²) in [5.74, 6) is 0. The molecule has 0 fully saturated rings. The summed E-state index contributed by atoms with van der Waals surface area (Å²) in [6, 6.07) is 0. The van der Waals surface area contributed by atoms with Crippen molar-refractivity contribution in [2.75, 3.05) is 13.2 Å². The van der Waals surface area contributed by atoms with Gasteiger partial charge in [0.15, 0.2) is 0 Å². The van der Waals surface area contributed by atoms with E-state index in [2.05, 4.69) is 41.5 Å². The molecule has 0 rings (SSSR count). The molecule has 0 saturated heterocycles. The molecule has 412 valence electrons. The second-order valence-electron chi connectivity index (χ2n) is 20.8. The summed E-state index contributed by atoms with van der Waals surface area (Å²) < 4.78 is 8.25. The summed E-state index contributed by atoms with van der Waals surface area (Å²) in [5, 5.41) is 17.3. The van der Waals surface area contributed by atoms with Crippen LogP contribution in [0.5, 0.6) is 0 Å². The van der Waals surface area contributed by atoms with E-state index >= 15 is 0 Å². The van der Waals surface area contributed by atoms with Crippen LogP contribution in [0.1, 0.15) is 387 Å². The fraction of sp³-hybridized carbons (Fsp3) is 0.969. The standard InChI is InChI=1S/2C16H34O.2C16H33.O.Ti/c2*1-2-3-4-5-6-7-8-9-10-11-12-13-14-15-16-17;2*1-3-5-7-9-11-13-15-16-14-12-10-8-6-4-2;;/h2*17H,2-16H2,1H3;2*1,3-16H2,2H3;;/q;;2*-1;;+2. The van der Waals surface area contributed by atoms with Crippen molar-refractivity contribution in [1.82, 2.24) is 0 Å². The molecule has 68 heavy (non-hydrogen) atoms. The second kappa shape index (κ2) is 87.2. The molecule has 0 heterocycles. The number of hydrogen-bond acceptors (Lipinski definition) is 3.